The molecule has 1 saturated heterocycles. The minimum absolute atomic E-state index is 0. The van der Waals surface area contributed by atoms with Crippen molar-refractivity contribution < 1.29 is 4.79 Å². The van der Waals surface area contributed by atoms with Gasteiger partial charge in [0.15, 0.2) is 0 Å². The highest BCUT2D eigenvalue weighted by Crippen LogP contribution is 2.15. The van der Waals surface area contributed by atoms with Crippen LogP contribution in [0.4, 0.5) is 0 Å². The van der Waals surface area contributed by atoms with Crippen LogP contribution in [0.1, 0.15) is 12.5 Å². The topological polar surface area (TPSA) is 32.3 Å². The van der Waals surface area contributed by atoms with E-state index in [1.54, 1.807) is 0 Å². The molecule has 0 bridgehead atoms. The normalized spacial score (nSPS) is 16.2. The van der Waals surface area contributed by atoms with Crippen LogP contribution in [-0.4, -0.2) is 37.0 Å². The molecule has 19 heavy (non-hydrogen) atoms. The third kappa shape index (κ3) is 4.10. The molecule has 1 aromatic carbocycles. The SMILES string of the molecule is CC(Cc1ccc(Cl)cc1)N(C)C(=O)C1CNC1.Cl. The lowest BCUT2D eigenvalue weighted by atomic mass is 9.99. The van der Waals surface area contributed by atoms with Gasteiger partial charge >= 0.3 is 0 Å². The van der Waals surface area contributed by atoms with Crippen LogP contribution in [0.5, 0.6) is 0 Å². The molecule has 1 aromatic rings. The van der Waals surface area contributed by atoms with Crippen molar-refractivity contribution in [1.29, 1.82) is 0 Å². The van der Waals surface area contributed by atoms with Crippen molar-refractivity contribution in [3.8, 4) is 0 Å². The van der Waals surface area contributed by atoms with E-state index in [4.69, 9.17) is 11.6 Å². The zero-order valence-corrected chi connectivity index (χ0v) is 12.8. The van der Waals surface area contributed by atoms with Crippen LogP contribution >= 0.6 is 24.0 Å². The van der Waals surface area contributed by atoms with Gasteiger partial charge in [0.2, 0.25) is 5.91 Å². The second-order valence-corrected chi connectivity index (χ2v) is 5.42. The lowest BCUT2D eigenvalue weighted by Crippen LogP contribution is -2.53. The van der Waals surface area contributed by atoms with Gasteiger partial charge in [-0.1, -0.05) is 23.7 Å². The van der Waals surface area contributed by atoms with Gasteiger partial charge < -0.3 is 10.2 Å². The van der Waals surface area contributed by atoms with Crippen LogP contribution in [0, 0.1) is 5.92 Å². The van der Waals surface area contributed by atoms with Crippen molar-refractivity contribution in [2.24, 2.45) is 5.92 Å². The van der Waals surface area contributed by atoms with E-state index in [1.807, 2.05) is 36.2 Å². The fraction of sp³-hybridized carbons (Fsp3) is 0.500. The Bertz CT molecular complexity index is 418. The fourth-order valence-electron chi connectivity index (χ4n) is 2.07. The van der Waals surface area contributed by atoms with Crippen LogP contribution in [0.15, 0.2) is 24.3 Å². The average molecular weight is 303 g/mol. The van der Waals surface area contributed by atoms with Crippen LogP contribution in [-0.2, 0) is 11.2 Å². The Kier molecular flexibility index (Phi) is 6.11. The van der Waals surface area contributed by atoms with Gasteiger partial charge in [0.05, 0.1) is 5.92 Å². The maximum absolute atomic E-state index is 12.1. The number of amides is 1. The molecule has 0 spiro atoms. The van der Waals surface area contributed by atoms with Gasteiger partial charge in [-0.15, -0.1) is 12.4 Å². The van der Waals surface area contributed by atoms with Gasteiger partial charge in [-0.2, -0.15) is 0 Å². The highest BCUT2D eigenvalue weighted by molar-refractivity contribution is 6.30. The highest BCUT2D eigenvalue weighted by Gasteiger charge is 2.29. The Morgan fingerprint density at radius 3 is 2.47 bits per heavy atom. The minimum atomic E-state index is 0. The Hall–Kier alpha value is -0.770. The molecule has 0 radical (unpaired) electrons. The van der Waals surface area contributed by atoms with Crippen LogP contribution in [0.25, 0.3) is 0 Å². The smallest absolute Gasteiger partial charge is 0.228 e. The van der Waals surface area contributed by atoms with E-state index in [0.29, 0.717) is 0 Å². The summed E-state index contributed by atoms with van der Waals surface area (Å²) >= 11 is 5.86. The summed E-state index contributed by atoms with van der Waals surface area (Å²) in [6.07, 6.45) is 0.861. The molecule has 1 fully saturated rings. The van der Waals surface area contributed by atoms with Crippen LogP contribution < -0.4 is 5.32 Å². The molecule has 1 unspecified atom stereocenters. The molecule has 1 aliphatic rings. The predicted octanol–water partition coefficient (Wildman–Crippen LogP) is 2.37. The Labute approximate surface area is 125 Å². The molecule has 1 heterocycles. The monoisotopic (exact) mass is 302 g/mol. The number of hydrogen-bond acceptors (Lipinski definition) is 2. The summed E-state index contributed by atoms with van der Waals surface area (Å²) in [5.74, 6) is 0.415. The zero-order chi connectivity index (χ0) is 13.1. The van der Waals surface area contributed by atoms with Gasteiger partial charge in [-0.25, -0.2) is 0 Å². The highest BCUT2D eigenvalue weighted by atomic mass is 35.5. The minimum Gasteiger partial charge on any atom is -0.342 e. The van der Waals surface area contributed by atoms with E-state index < -0.39 is 0 Å². The molecule has 3 nitrogen and oxygen atoms in total. The van der Waals surface area contributed by atoms with Gasteiger partial charge in [0.25, 0.3) is 0 Å². The van der Waals surface area contributed by atoms with Crippen molar-refractivity contribution in [2.45, 2.75) is 19.4 Å². The van der Waals surface area contributed by atoms with E-state index in [0.717, 1.165) is 24.5 Å². The van der Waals surface area contributed by atoms with Gasteiger partial charge in [-0.3, -0.25) is 4.79 Å². The number of likely N-dealkylation sites (N-methyl/N-ethyl adjacent to an activating group) is 1. The quantitative estimate of drug-likeness (QED) is 0.926. The fourth-order valence-corrected chi connectivity index (χ4v) is 2.19. The summed E-state index contributed by atoms with van der Waals surface area (Å²) in [4.78, 5) is 13.9. The lowest BCUT2D eigenvalue weighted by molar-refractivity contribution is -0.137. The molecule has 1 aliphatic heterocycles. The first-order valence-electron chi connectivity index (χ1n) is 6.29. The molecule has 1 N–H and O–H groups in total. The third-order valence-corrected chi connectivity index (χ3v) is 3.84. The second kappa shape index (κ2) is 7.13. The number of hydrogen-bond donors (Lipinski definition) is 1. The van der Waals surface area contributed by atoms with E-state index in [1.165, 1.54) is 5.56 Å². The lowest BCUT2D eigenvalue weighted by Gasteiger charge is -2.33. The van der Waals surface area contributed by atoms with E-state index in [9.17, 15) is 4.79 Å². The standard InChI is InChI=1S/C14H19ClN2O.ClH/c1-10(7-11-3-5-13(15)6-4-11)17(2)14(18)12-8-16-9-12;/h3-6,10,12,16H,7-9H2,1-2H3;1H. The predicted molar refractivity (Wildman–Crippen MR) is 81.0 cm³/mol. The number of nitrogens with zero attached hydrogens (tertiary/aromatic N) is 1. The maximum atomic E-state index is 12.1. The summed E-state index contributed by atoms with van der Waals surface area (Å²) in [6.45, 7) is 3.71. The van der Waals surface area contributed by atoms with Crippen molar-refractivity contribution in [3.63, 3.8) is 0 Å². The Morgan fingerprint density at radius 1 is 1.42 bits per heavy atom. The largest absolute Gasteiger partial charge is 0.342 e. The van der Waals surface area contributed by atoms with Crippen molar-refractivity contribution in [3.05, 3.63) is 34.9 Å². The molecule has 5 heteroatoms. The Balaban J connectivity index is 0.00000180. The summed E-state index contributed by atoms with van der Waals surface area (Å²) in [6, 6.07) is 8.02. The number of rotatable bonds is 4. The van der Waals surface area contributed by atoms with E-state index in [2.05, 4.69) is 12.2 Å². The first-order valence-corrected chi connectivity index (χ1v) is 6.67. The molecule has 2 rings (SSSR count). The molecule has 0 saturated carbocycles. The summed E-state index contributed by atoms with van der Waals surface area (Å²) in [5.41, 5.74) is 1.21. The molecule has 0 aromatic heterocycles. The van der Waals surface area contributed by atoms with Crippen molar-refractivity contribution in [2.75, 3.05) is 20.1 Å². The molecule has 1 atom stereocenters. The number of nitrogens with one attached hydrogen (secondary N) is 1. The molecular formula is C14H20Cl2N2O. The number of carbonyl (C=O) groups is 1. The average Bonchev–Trinajstić information content (AvgIpc) is 2.28. The summed E-state index contributed by atoms with van der Waals surface area (Å²) < 4.78 is 0. The van der Waals surface area contributed by atoms with E-state index >= 15 is 0 Å². The van der Waals surface area contributed by atoms with E-state index in [-0.39, 0.29) is 30.3 Å². The molecular weight excluding hydrogens is 283 g/mol. The van der Waals surface area contributed by atoms with Crippen LogP contribution in [0.2, 0.25) is 5.02 Å². The molecule has 0 aliphatic carbocycles. The second-order valence-electron chi connectivity index (χ2n) is 4.98. The van der Waals surface area contributed by atoms with Crippen molar-refractivity contribution >= 4 is 29.9 Å². The number of benzene rings is 1. The maximum Gasteiger partial charge on any atom is 0.228 e. The van der Waals surface area contributed by atoms with Crippen molar-refractivity contribution in [1.82, 2.24) is 10.2 Å². The summed E-state index contributed by atoms with van der Waals surface area (Å²) in [5, 5.41) is 3.88. The first kappa shape index (κ1) is 16.3. The third-order valence-electron chi connectivity index (χ3n) is 3.58. The first-order chi connectivity index (χ1) is 8.58. The van der Waals surface area contributed by atoms with Gasteiger partial charge in [0, 0.05) is 31.2 Å². The Morgan fingerprint density at radius 2 is 2.00 bits per heavy atom. The molecule has 1 amide bonds. The number of halogens is 2. The summed E-state index contributed by atoms with van der Waals surface area (Å²) in [7, 11) is 1.89. The van der Waals surface area contributed by atoms with Gasteiger partial charge in [0.1, 0.15) is 0 Å². The van der Waals surface area contributed by atoms with Crippen LogP contribution in [0.3, 0.4) is 0 Å². The number of carbonyl (C=O) groups excluding carboxylic acids is 1. The van der Waals surface area contributed by atoms with Gasteiger partial charge in [-0.05, 0) is 31.0 Å². The molecule has 106 valence electrons. The zero-order valence-electron chi connectivity index (χ0n) is 11.2.